The fraction of sp³-hybridized carbons (Fsp3) is 0.833. The number of methoxy groups -OCH3 is 1. The zero-order valence-electron chi connectivity index (χ0n) is 11.2. The summed E-state index contributed by atoms with van der Waals surface area (Å²) in [6.07, 6.45) is 2.08. The van der Waals surface area contributed by atoms with Crippen molar-refractivity contribution in [1.82, 2.24) is 5.32 Å². The van der Waals surface area contributed by atoms with Gasteiger partial charge >= 0.3 is 5.97 Å². The molecular formula is C12H21NO4S. The van der Waals surface area contributed by atoms with E-state index in [9.17, 15) is 13.8 Å². The summed E-state index contributed by atoms with van der Waals surface area (Å²) in [6, 6.07) is 0.0551. The number of amides is 1. The van der Waals surface area contributed by atoms with Crippen molar-refractivity contribution in [2.45, 2.75) is 39.2 Å². The molecule has 1 saturated carbocycles. The average Bonchev–Trinajstić information content (AvgIpc) is 2.95. The van der Waals surface area contributed by atoms with Gasteiger partial charge in [0.1, 0.15) is 5.75 Å². The van der Waals surface area contributed by atoms with E-state index in [1.807, 2.05) is 13.8 Å². The lowest BCUT2D eigenvalue weighted by atomic mass is 10.1. The molecule has 1 aliphatic rings. The van der Waals surface area contributed by atoms with Crippen molar-refractivity contribution in [3.8, 4) is 0 Å². The Labute approximate surface area is 110 Å². The van der Waals surface area contributed by atoms with Gasteiger partial charge in [0, 0.05) is 22.6 Å². The first-order chi connectivity index (χ1) is 8.37. The lowest BCUT2D eigenvalue weighted by molar-refractivity contribution is -0.141. The van der Waals surface area contributed by atoms with Crippen LogP contribution >= 0.6 is 0 Å². The minimum absolute atomic E-state index is 0.0150. The highest BCUT2D eigenvalue weighted by atomic mass is 32.2. The number of carbonyl (C=O) groups is 2. The van der Waals surface area contributed by atoms with E-state index >= 15 is 0 Å². The molecule has 5 nitrogen and oxygen atoms in total. The number of hydrogen-bond acceptors (Lipinski definition) is 4. The van der Waals surface area contributed by atoms with E-state index in [4.69, 9.17) is 0 Å². The number of nitrogens with one attached hydrogen (secondary N) is 1. The molecule has 1 atom stereocenters. The largest absolute Gasteiger partial charge is 0.469 e. The number of ether oxygens (including phenoxy) is 1. The Hall–Kier alpha value is -0.910. The second-order valence-electron chi connectivity index (χ2n) is 5.20. The first kappa shape index (κ1) is 15.1. The van der Waals surface area contributed by atoms with Gasteiger partial charge in [-0.2, -0.15) is 0 Å². The number of rotatable bonds is 7. The molecule has 0 spiro atoms. The van der Waals surface area contributed by atoms with Gasteiger partial charge in [-0.15, -0.1) is 0 Å². The number of hydrogen-bond donors (Lipinski definition) is 1. The number of carbonyl (C=O) groups excluding carboxylic acids is 2. The lowest BCUT2D eigenvalue weighted by Gasteiger charge is -2.13. The molecule has 0 aromatic heterocycles. The molecule has 1 aliphatic carbocycles. The van der Waals surface area contributed by atoms with Crippen LogP contribution in [0.25, 0.3) is 0 Å². The summed E-state index contributed by atoms with van der Waals surface area (Å²) in [5, 5.41) is 2.71. The molecule has 0 aliphatic heterocycles. The molecule has 1 rings (SSSR count). The highest BCUT2D eigenvalue weighted by Gasteiger charge is 2.46. The monoisotopic (exact) mass is 275 g/mol. The molecule has 6 heteroatoms. The molecular weight excluding hydrogens is 254 g/mol. The summed E-state index contributed by atoms with van der Waals surface area (Å²) in [5.41, 5.74) is -0.184. The van der Waals surface area contributed by atoms with Crippen LogP contribution in [0, 0.1) is 5.41 Å². The van der Waals surface area contributed by atoms with E-state index in [1.54, 1.807) is 0 Å². The van der Waals surface area contributed by atoms with Crippen LogP contribution in [0.5, 0.6) is 0 Å². The maximum atomic E-state index is 11.9. The van der Waals surface area contributed by atoms with Crippen LogP contribution in [0.4, 0.5) is 0 Å². The number of esters is 1. The zero-order valence-corrected chi connectivity index (χ0v) is 12.0. The molecule has 0 aromatic rings. The van der Waals surface area contributed by atoms with Gasteiger partial charge in [0.05, 0.1) is 13.5 Å². The maximum Gasteiger partial charge on any atom is 0.306 e. The summed E-state index contributed by atoms with van der Waals surface area (Å²) in [4.78, 5) is 22.7. The van der Waals surface area contributed by atoms with E-state index < -0.39 is 10.8 Å². The van der Waals surface area contributed by atoms with Crippen LogP contribution in [0.15, 0.2) is 0 Å². The standard InChI is InChI=1S/C12H21NO4S/c1-9(2)13-10(14)7-18(16)8-12(4-5-12)6-11(15)17-3/h9H,4-8H2,1-3H3,(H,13,14). The van der Waals surface area contributed by atoms with Gasteiger partial charge in [-0.1, -0.05) is 0 Å². The summed E-state index contributed by atoms with van der Waals surface area (Å²) in [6.45, 7) is 3.72. The Morgan fingerprint density at radius 1 is 1.39 bits per heavy atom. The van der Waals surface area contributed by atoms with Crippen molar-refractivity contribution in [1.29, 1.82) is 0 Å². The molecule has 0 bridgehead atoms. The molecule has 0 aromatic carbocycles. The molecule has 18 heavy (non-hydrogen) atoms. The Morgan fingerprint density at radius 3 is 2.44 bits per heavy atom. The highest BCUT2D eigenvalue weighted by molar-refractivity contribution is 7.85. The van der Waals surface area contributed by atoms with Crippen molar-refractivity contribution in [2.75, 3.05) is 18.6 Å². The normalized spacial score (nSPS) is 18.2. The van der Waals surface area contributed by atoms with E-state index in [-0.39, 0.29) is 29.1 Å². The van der Waals surface area contributed by atoms with E-state index in [0.717, 1.165) is 12.8 Å². The van der Waals surface area contributed by atoms with Crippen molar-refractivity contribution in [2.24, 2.45) is 5.41 Å². The van der Waals surface area contributed by atoms with Gasteiger partial charge in [-0.25, -0.2) is 0 Å². The van der Waals surface area contributed by atoms with E-state index in [0.29, 0.717) is 12.2 Å². The van der Waals surface area contributed by atoms with Gasteiger partial charge in [0.15, 0.2) is 0 Å². The molecule has 1 fully saturated rings. The lowest BCUT2D eigenvalue weighted by Crippen LogP contribution is -2.35. The fourth-order valence-corrected chi connectivity index (χ4v) is 3.38. The molecule has 1 N–H and O–H groups in total. The Morgan fingerprint density at radius 2 is 2.00 bits per heavy atom. The molecule has 1 amide bonds. The minimum Gasteiger partial charge on any atom is -0.469 e. The van der Waals surface area contributed by atoms with Crippen LogP contribution < -0.4 is 5.32 Å². The molecule has 0 radical (unpaired) electrons. The van der Waals surface area contributed by atoms with Crippen molar-refractivity contribution < 1.29 is 18.5 Å². The summed E-state index contributed by atoms with van der Waals surface area (Å²) in [7, 11) is 0.141. The minimum atomic E-state index is -1.21. The van der Waals surface area contributed by atoms with E-state index in [2.05, 4.69) is 10.1 Å². The summed E-state index contributed by atoms with van der Waals surface area (Å²) in [5.74, 6) is -0.0392. The van der Waals surface area contributed by atoms with Crippen LogP contribution in [0.1, 0.15) is 33.1 Å². The van der Waals surface area contributed by atoms with Gasteiger partial charge in [-0.05, 0) is 32.1 Å². The third kappa shape index (κ3) is 5.16. The van der Waals surface area contributed by atoms with Gasteiger partial charge in [0.25, 0.3) is 0 Å². The first-order valence-corrected chi connectivity index (χ1v) is 7.57. The topological polar surface area (TPSA) is 72.5 Å². The van der Waals surface area contributed by atoms with Crippen LogP contribution in [-0.2, 0) is 25.1 Å². The maximum absolute atomic E-state index is 11.9. The Bertz CT molecular complexity index is 350. The van der Waals surface area contributed by atoms with Crippen molar-refractivity contribution in [3.05, 3.63) is 0 Å². The van der Waals surface area contributed by atoms with E-state index in [1.165, 1.54) is 7.11 Å². The molecule has 0 heterocycles. The summed E-state index contributed by atoms with van der Waals surface area (Å²) >= 11 is 0. The quantitative estimate of drug-likeness (QED) is 0.691. The molecule has 1 unspecified atom stereocenters. The van der Waals surface area contributed by atoms with Gasteiger partial charge in [-0.3, -0.25) is 13.8 Å². The fourth-order valence-electron chi connectivity index (χ4n) is 1.83. The Kier molecular flexibility index (Phi) is 5.31. The predicted octanol–water partition coefficient (Wildman–Crippen LogP) is 0.603. The molecule has 104 valence electrons. The summed E-state index contributed by atoms with van der Waals surface area (Å²) < 4.78 is 16.5. The van der Waals surface area contributed by atoms with Gasteiger partial charge in [0.2, 0.25) is 5.91 Å². The van der Waals surface area contributed by atoms with Gasteiger partial charge < -0.3 is 10.1 Å². The highest BCUT2D eigenvalue weighted by Crippen LogP contribution is 2.49. The SMILES string of the molecule is COC(=O)CC1(CS(=O)CC(=O)NC(C)C)CC1. The van der Waals surface area contributed by atoms with Crippen LogP contribution in [0.2, 0.25) is 0 Å². The van der Waals surface area contributed by atoms with Crippen LogP contribution in [-0.4, -0.2) is 40.7 Å². The third-order valence-electron chi connectivity index (χ3n) is 2.91. The second kappa shape index (κ2) is 6.31. The first-order valence-electron chi connectivity index (χ1n) is 6.08. The smallest absolute Gasteiger partial charge is 0.306 e. The molecule has 0 saturated heterocycles. The average molecular weight is 275 g/mol. The predicted molar refractivity (Wildman–Crippen MR) is 69.5 cm³/mol. The van der Waals surface area contributed by atoms with Crippen molar-refractivity contribution >= 4 is 22.7 Å². The second-order valence-corrected chi connectivity index (χ2v) is 6.66. The van der Waals surface area contributed by atoms with Crippen molar-refractivity contribution in [3.63, 3.8) is 0 Å². The van der Waals surface area contributed by atoms with Crippen LogP contribution in [0.3, 0.4) is 0 Å². The third-order valence-corrected chi connectivity index (χ3v) is 4.43. The zero-order chi connectivity index (χ0) is 13.8. The Balaban J connectivity index is 2.36.